The standard InChI is InChI=1S/C15H18BrFN2OS/c1-9-10(2)21-15(19-9)14(18-6-7-20-3)11-4-5-12(16)13(17)8-11/h4-5,8,14,18H,6-7H2,1-3H3. The predicted octanol–water partition coefficient (Wildman–Crippen LogP) is 3.99. The van der Waals surface area contributed by atoms with Gasteiger partial charge in [0.2, 0.25) is 0 Å². The normalized spacial score (nSPS) is 12.6. The first-order chi connectivity index (χ1) is 10.0. The molecule has 0 amide bonds. The van der Waals surface area contributed by atoms with E-state index in [1.54, 1.807) is 30.6 Å². The number of aryl methyl sites for hydroxylation is 2. The van der Waals surface area contributed by atoms with E-state index in [2.05, 4.69) is 26.2 Å². The zero-order chi connectivity index (χ0) is 15.4. The number of ether oxygens (including phenoxy) is 1. The molecule has 0 saturated carbocycles. The van der Waals surface area contributed by atoms with Crippen LogP contribution in [0.4, 0.5) is 4.39 Å². The lowest BCUT2D eigenvalue weighted by atomic mass is 10.1. The highest BCUT2D eigenvalue weighted by atomic mass is 79.9. The molecule has 0 bridgehead atoms. The van der Waals surface area contributed by atoms with Crippen molar-refractivity contribution in [2.45, 2.75) is 19.9 Å². The average Bonchev–Trinajstić information content (AvgIpc) is 2.78. The molecule has 0 aliphatic carbocycles. The Bertz CT molecular complexity index is 598. The summed E-state index contributed by atoms with van der Waals surface area (Å²) in [7, 11) is 1.66. The van der Waals surface area contributed by atoms with Crippen LogP contribution in [0, 0.1) is 19.7 Å². The zero-order valence-electron chi connectivity index (χ0n) is 12.2. The maximum absolute atomic E-state index is 13.8. The third-order valence-corrected chi connectivity index (χ3v) is 5.00. The number of aromatic nitrogens is 1. The topological polar surface area (TPSA) is 34.1 Å². The molecule has 0 radical (unpaired) electrons. The van der Waals surface area contributed by atoms with Crippen LogP contribution in [0.25, 0.3) is 0 Å². The Hall–Kier alpha value is -0.820. The van der Waals surface area contributed by atoms with Crippen molar-refractivity contribution in [3.8, 4) is 0 Å². The van der Waals surface area contributed by atoms with Gasteiger partial charge in [0.15, 0.2) is 0 Å². The van der Waals surface area contributed by atoms with E-state index < -0.39 is 0 Å². The minimum Gasteiger partial charge on any atom is -0.383 e. The second-order valence-corrected chi connectivity index (χ2v) is 6.84. The maximum atomic E-state index is 13.8. The number of nitrogens with one attached hydrogen (secondary N) is 1. The first-order valence-corrected chi connectivity index (χ1v) is 8.25. The first-order valence-electron chi connectivity index (χ1n) is 6.64. The minimum atomic E-state index is -0.268. The highest BCUT2D eigenvalue weighted by Crippen LogP contribution is 2.29. The van der Waals surface area contributed by atoms with E-state index in [0.29, 0.717) is 17.6 Å². The van der Waals surface area contributed by atoms with Crippen LogP contribution in [0.1, 0.15) is 27.2 Å². The Morgan fingerprint density at radius 2 is 2.19 bits per heavy atom. The molecular weight excluding hydrogens is 355 g/mol. The Balaban J connectivity index is 2.32. The molecule has 3 nitrogen and oxygen atoms in total. The molecule has 2 aromatic rings. The van der Waals surface area contributed by atoms with Gasteiger partial charge >= 0.3 is 0 Å². The number of benzene rings is 1. The minimum absolute atomic E-state index is 0.125. The number of hydrogen-bond acceptors (Lipinski definition) is 4. The number of rotatable bonds is 6. The van der Waals surface area contributed by atoms with E-state index in [4.69, 9.17) is 4.74 Å². The number of nitrogens with zero attached hydrogens (tertiary/aromatic N) is 1. The van der Waals surface area contributed by atoms with Crippen molar-refractivity contribution in [2.75, 3.05) is 20.3 Å². The molecule has 0 fully saturated rings. The smallest absolute Gasteiger partial charge is 0.137 e. The van der Waals surface area contributed by atoms with Crippen LogP contribution in [-0.4, -0.2) is 25.2 Å². The van der Waals surface area contributed by atoms with Crippen molar-refractivity contribution < 1.29 is 9.13 Å². The third kappa shape index (κ3) is 4.10. The Morgan fingerprint density at radius 1 is 1.43 bits per heavy atom. The fourth-order valence-electron chi connectivity index (χ4n) is 1.97. The molecule has 0 aliphatic rings. The predicted molar refractivity (Wildman–Crippen MR) is 87.4 cm³/mol. The maximum Gasteiger partial charge on any atom is 0.137 e. The summed E-state index contributed by atoms with van der Waals surface area (Å²) in [6.45, 7) is 5.31. The molecule has 0 saturated heterocycles. The van der Waals surface area contributed by atoms with Gasteiger partial charge in [0, 0.05) is 18.5 Å². The molecular formula is C15H18BrFN2OS. The van der Waals surface area contributed by atoms with Crippen molar-refractivity contribution in [1.82, 2.24) is 10.3 Å². The fourth-order valence-corrected chi connectivity index (χ4v) is 3.24. The summed E-state index contributed by atoms with van der Waals surface area (Å²) in [5.74, 6) is -0.268. The average molecular weight is 373 g/mol. The molecule has 1 aromatic carbocycles. The van der Waals surface area contributed by atoms with Crippen LogP contribution in [0.5, 0.6) is 0 Å². The molecule has 0 spiro atoms. The van der Waals surface area contributed by atoms with Crippen LogP contribution >= 0.6 is 27.3 Å². The van der Waals surface area contributed by atoms with Gasteiger partial charge in [-0.15, -0.1) is 11.3 Å². The van der Waals surface area contributed by atoms with E-state index in [1.165, 1.54) is 4.88 Å². The zero-order valence-corrected chi connectivity index (χ0v) is 14.6. The van der Waals surface area contributed by atoms with E-state index in [1.807, 2.05) is 19.9 Å². The molecule has 1 unspecified atom stereocenters. The van der Waals surface area contributed by atoms with Crippen molar-refractivity contribution in [1.29, 1.82) is 0 Å². The van der Waals surface area contributed by atoms with Crippen molar-refractivity contribution in [2.24, 2.45) is 0 Å². The van der Waals surface area contributed by atoms with E-state index >= 15 is 0 Å². The van der Waals surface area contributed by atoms with Crippen molar-refractivity contribution in [3.05, 3.63) is 49.6 Å². The number of thiazole rings is 1. The van der Waals surface area contributed by atoms with Gasteiger partial charge in [-0.25, -0.2) is 9.37 Å². The molecule has 1 aromatic heterocycles. The monoisotopic (exact) mass is 372 g/mol. The van der Waals surface area contributed by atoms with Gasteiger partial charge in [0.1, 0.15) is 10.8 Å². The molecule has 2 rings (SSSR count). The van der Waals surface area contributed by atoms with E-state index in [0.717, 1.165) is 16.3 Å². The lowest BCUT2D eigenvalue weighted by Crippen LogP contribution is -2.26. The fraction of sp³-hybridized carbons (Fsp3) is 0.400. The lowest BCUT2D eigenvalue weighted by molar-refractivity contribution is 0.197. The van der Waals surface area contributed by atoms with E-state index in [9.17, 15) is 4.39 Å². The third-order valence-electron chi connectivity index (χ3n) is 3.22. The molecule has 1 N–H and O–H groups in total. The molecule has 1 atom stereocenters. The number of halogens is 2. The van der Waals surface area contributed by atoms with Gasteiger partial charge in [-0.3, -0.25) is 0 Å². The second-order valence-electron chi connectivity index (χ2n) is 4.75. The summed E-state index contributed by atoms with van der Waals surface area (Å²) in [5, 5.41) is 4.33. The number of hydrogen-bond donors (Lipinski definition) is 1. The van der Waals surface area contributed by atoms with Gasteiger partial charge < -0.3 is 10.1 Å². The second kappa shape index (κ2) is 7.45. The summed E-state index contributed by atoms with van der Waals surface area (Å²) in [6.07, 6.45) is 0. The first kappa shape index (κ1) is 16.5. The van der Waals surface area contributed by atoms with Crippen LogP contribution < -0.4 is 5.32 Å². The Labute approximate surface area is 136 Å². The quantitative estimate of drug-likeness (QED) is 0.778. The summed E-state index contributed by atoms with van der Waals surface area (Å²) in [4.78, 5) is 5.78. The summed E-state index contributed by atoms with van der Waals surface area (Å²) >= 11 is 4.82. The summed E-state index contributed by atoms with van der Waals surface area (Å²) in [6, 6.07) is 5.05. The Kier molecular flexibility index (Phi) is 5.87. The largest absolute Gasteiger partial charge is 0.383 e. The van der Waals surface area contributed by atoms with Crippen LogP contribution in [-0.2, 0) is 4.74 Å². The molecule has 1 heterocycles. The summed E-state index contributed by atoms with van der Waals surface area (Å²) in [5.41, 5.74) is 1.88. The van der Waals surface area contributed by atoms with Crippen LogP contribution in [0.15, 0.2) is 22.7 Å². The van der Waals surface area contributed by atoms with Gasteiger partial charge in [0.25, 0.3) is 0 Å². The molecule has 21 heavy (non-hydrogen) atoms. The molecule has 0 aliphatic heterocycles. The van der Waals surface area contributed by atoms with E-state index in [-0.39, 0.29) is 11.9 Å². The highest BCUT2D eigenvalue weighted by Gasteiger charge is 2.19. The highest BCUT2D eigenvalue weighted by molar-refractivity contribution is 9.10. The lowest BCUT2D eigenvalue weighted by Gasteiger charge is -2.17. The van der Waals surface area contributed by atoms with Gasteiger partial charge in [0.05, 0.1) is 22.8 Å². The SMILES string of the molecule is COCCNC(c1ccc(Br)c(F)c1)c1nc(C)c(C)s1. The van der Waals surface area contributed by atoms with Crippen LogP contribution in [0.3, 0.4) is 0 Å². The van der Waals surface area contributed by atoms with Gasteiger partial charge in [-0.05, 0) is 47.5 Å². The van der Waals surface area contributed by atoms with Crippen molar-refractivity contribution >= 4 is 27.3 Å². The van der Waals surface area contributed by atoms with Crippen LogP contribution in [0.2, 0.25) is 0 Å². The molecule has 114 valence electrons. The van der Waals surface area contributed by atoms with Gasteiger partial charge in [-0.2, -0.15) is 0 Å². The van der Waals surface area contributed by atoms with Crippen molar-refractivity contribution in [3.63, 3.8) is 0 Å². The Morgan fingerprint density at radius 3 is 2.76 bits per heavy atom. The molecule has 6 heteroatoms. The number of methoxy groups -OCH3 is 1. The summed E-state index contributed by atoms with van der Waals surface area (Å²) < 4.78 is 19.4. The van der Waals surface area contributed by atoms with Gasteiger partial charge in [-0.1, -0.05) is 6.07 Å².